The van der Waals surface area contributed by atoms with Crippen LogP contribution in [-0.2, 0) is 0 Å². The average molecular weight is 340 g/mol. The second kappa shape index (κ2) is 7.03. The topological polar surface area (TPSA) is 32.5 Å². The molecular formula is C16H26BrN3. The third-order valence-electron chi connectivity index (χ3n) is 4.14. The zero-order chi connectivity index (χ0) is 14.7. The predicted octanol–water partition coefficient (Wildman–Crippen LogP) is 2.86. The van der Waals surface area contributed by atoms with E-state index in [1.54, 1.807) is 0 Å². The van der Waals surface area contributed by atoms with Crippen LogP contribution in [0.1, 0.15) is 31.9 Å². The number of nitrogens with two attached hydrogens (primary N) is 1. The molecule has 4 heteroatoms. The normalized spacial score (nSPS) is 25.1. The smallest absolute Gasteiger partial charge is 0.0500 e. The van der Waals surface area contributed by atoms with Gasteiger partial charge in [-0.25, -0.2) is 0 Å². The number of hydrogen-bond acceptors (Lipinski definition) is 3. The summed E-state index contributed by atoms with van der Waals surface area (Å²) in [6.45, 7) is 7.83. The Kier molecular flexibility index (Phi) is 5.61. The molecule has 1 saturated heterocycles. The Morgan fingerprint density at radius 3 is 2.75 bits per heavy atom. The molecule has 1 aliphatic rings. The van der Waals surface area contributed by atoms with Crippen molar-refractivity contribution >= 4 is 15.9 Å². The summed E-state index contributed by atoms with van der Waals surface area (Å²) >= 11 is 3.58. The quantitative estimate of drug-likeness (QED) is 0.918. The molecule has 0 saturated carbocycles. The van der Waals surface area contributed by atoms with Crippen LogP contribution in [0.15, 0.2) is 28.7 Å². The van der Waals surface area contributed by atoms with E-state index in [0.717, 1.165) is 17.6 Å². The minimum absolute atomic E-state index is 0.121. The van der Waals surface area contributed by atoms with Gasteiger partial charge >= 0.3 is 0 Å². The molecule has 1 fully saturated rings. The highest BCUT2D eigenvalue weighted by Gasteiger charge is 2.30. The molecule has 20 heavy (non-hydrogen) atoms. The van der Waals surface area contributed by atoms with Crippen LogP contribution < -0.4 is 5.73 Å². The zero-order valence-corrected chi connectivity index (χ0v) is 14.3. The van der Waals surface area contributed by atoms with Gasteiger partial charge in [0.25, 0.3) is 0 Å². The van der Waals surface area contributed by atoms with Crippen molar-refractivity contribution in [2.24, 2.45) is 5.73 Å². The van der Waals surface area contributed by atoms with Gasteiger partial charge in [0.1, 0.15) is 0 Å². The Morgan fingerprint density at radius 1 is 1.35 bits per heavy atom. The third-order valence-corrected chi connectivity index (χ3v) is 4.64. The summed E-state index contributed by atoms with van der Waals surface area (Å²) in [5.41, 5.74) is 7.64. The van der Waals surface area contributed by atoms with E-state index in [1.807, 2.05) is 0 Å². The molecule has 1 aromatic rings. The lowest BCUT2D eigenvalue weighted by molar-refractivity contribution is 0.127. The lowest BCUT2D eigenvalue weighted by Gasteiger charge is -2.38. The first-order valence-electron chi connectivity index (χ1n) is 7.44. The van der Waals surface area contributed by atoms with E-state index in [2.05, 4.69) is 70.9 Å². The Balaban J connectivity index is 2.28. The Labute approximate surface area is 131 Å². The van der Waals surface area contributed by atoms with Gasteiger partial charge < -0.3 is 10.6 Å². The summed E-state index contributed by atoms with van der Waals surface area (Å²) < 4.78 is 1.13. The first-order valence-corrected chi connectivity index (χ1v) is 8.23. The minimum atomic E-state index is 0.121. The monoisotopic (exact) mass is 339 g/mol. The molecule has 1 aromatic carbocycles. The SMILES string of the molecule is CC(N)C(c1cccc(Br)c1)N1CCCN(C)CC1C. The van der Waals surface area contributed by atoms with Gasteiger partial charge in [-0.1, -0.05) is 28.1 Å². The van der Waals surface area contributed by atoms with Crippen LogP contribution in [0.5, 0.6) is 0 Å². The van der Waals surface area contributed by atoms with Crippen LogP contribution in [0.4, 0.5) is 0 Å². The fraction of sp³-hybridized carbons (Fsp3) is 0.625. The van der Waals surface area contributed by atoms with Gasteiger partial charge in [0.15, 0.2) is 0 Å². The van der Waals surface area contributed by atoms with E-state index in [4.69, 9.17) is 5.73 Å². The van der Waals surface area contributed by atoms with Gasteiger partial charge in [0.05, 0.1) is 0 Å². The predicted molar refractivity (Wildman–Crippen MR) is 88.8 cm³/mol. The van der Waals surface area contributed by atoms with E-state index in [9.17, 15) is 0 Å². The van der Waals surface area contributed by atoms with Gasteiger partial charge in [-0.05, 0) is 51.6 Å². The maximum atomic E-state index is 6.33. The fourth-order valence-corrected chi connectivity index (χ4v) is 3.71. The number of halogens is 1. The minimum Gasteiger partial charge on any atom is -0.326 e. The number of benzene rings is 1. The van der Waals surface area contributed by atoms with E-state index in [0.29, 0.717) is 6.04 Å². The van der Waals surface area contributed by atoms with Crippen LogP contribution in [0, 0.1) is 0 Å². The first-order chi connectivity index (χ1) is 9.49. The van der Waals surface area contributed by atoms with Crippen LogP contribution >= 0.6 is 15.9 Å². The number of nitrogens with zero attached hydrogens (tertiary/aromatic N) is 2. The highest BCUT2D eigenvalue weighted by Crippen LogP contribution is 2.29. The van der Waals surface area contributed by atoms with Crippen LogP contribution in [-0.4, -0.2) is 48.6 Å². The molecule has 0 radical (unpaired) electrons. The summed E-state index contributed by atoms with van der Waals surface area (Å²) in [4.78, 5) is 5.00. The molecule has 2 N–H and O–H groups in total. The molecule has 0 spiro atoms. The van der Waals surface area contributed by atoms with Crippen LogP contribution in [0.2, 0.25) is 0 Å². The van der Waals surface area contributed by atoms with E-state index >= 15 is 0 Å². The number of rotatable bonds is 3. The van der Waals surface area contributed by atoms with E-state index < -0.39 is 0 Å². The molecule has 0 aromatic heterocycles. The largest absolute Gasteiger partial charge is 0.326 e. The molecule has 0 aliphatic carbocycles. The second-order valence-electron chi connectivity index (χ2n) is 6.06. The molecule has 3 atom stereocenters. The van der Waals surface area contributed by atoms with E-state index in [-0.39, 0.29) is 12.1 Å². The van der Waals surface area contributed by atoms with Gasteiger partial charge in [0, 0.05) is 35.7 Å². The van der Waals surface area contributed by atoms with Gasteiger partial charge in [0.2, 0.25) is 0 Å². The molecule has 2 rings (SSSR count). The Hall–Kier alpha value is -0.420. The zero-order valence-electron chi connectivity index (χ0n) is 12.7. The first kappa shape index (κ1) is 16.0. The highest BCUT2D eigenvalue weighted by molar-refractivity contribution is 9.10. The molecule has 112 valence electrons. The van der Waals surface area contributed by atoms with Crippen molar-refractivity contribution in [2.75, 3.05) is 26.7 Å². The molecule has 0 amide bonds. The summed E-state index contributed by atoms with van der Waals surface area (Å²) in [6.07, 6.45) is 1.21. The molecule has 3 nitrogen and oxygen atoms in total. The maximum absolute atomic E-state index is 6.33. The second-order valence-corrected chi connectivity index (χ2v) is 6.98. The molecular weight excluding hydrogens is 314 g/mol. The van der Waals surface area contributed by atoms with Crippen molar-refractivity contribution in [3.05, 3.63) is 34.3 Å². The fourth-order valence-electron chi connectivity index (χ4n) is 3.29. The van der Waals surface area contributed by atoms with Crippen molar-refractivity contribution in [3.63, 3.8) is 0 Å². The Morgan fingerprint density at radius 2 is 2.10 bits per heavy atom. The lowest BCUT2D eigenvalue weighted by atomic mass is 9.97. The van der Waals surface area contributed by atoms with Crippen molar-refractivity contribution in [1.82, 2.24) is 9.80 Å². The van der Waals surface area contributed by atoms with Crippen LogP contribution in [0.3, 0.4) is 0 Å². The van der Waals surface area contributed by atoms with Gasteiger partial charge in [-0.2, -0.15) is 0 Å². The standard InChI is InChI=1S/C16H26BrN3/c1-12-11-19(3)8-5-9-20(12)16(13(2)18)14-6-4-7-15(17)10-14/h4,6-7,10,12-13,16H,5,8-9,11,18H2,1-3H3. The summed E-state index contributed by atoms with van der Waals surface area (Å²) in [6, 6.07) is 9.50. The average Bonchev–Trinajstić information content (AvgIpc) is 2.51. The van der Waals surface area contributed by atoms with Gasteiger partial charge in [-0.3, -0.25) is 4.90 Å². The third kappa shape index (κ3) is 3.82. The lowest BCUT2D eigenvalue weighted by Crippen LogP contribution is -2.46. The van der Waals surface area contributed by atoms with Crippen molar-refractivity contribution in [2.45, 2.75) is 38.4 Å². The van der Waals surface area contributed by atoms with Crippen molar-refractivity contribution in [1.29, 1.82) is 0 Å². The summed E-state index contributed by atoms with van der Waals surface area (Å²) in [5.74, 6) is 0. The summed E-state index contributed by atoms with van der Waals surface area (Å²) in [7, 11) is 2.21. The number of hydrogen-bond donors (Lipinski definition) is 1. The van der Waals surface area contributed by atoms with E-state index in [1.165, 1.54) is 18.5 Å². The molecule has 1 heterocycles. The number of likely N-dealkylation sites (N-methyl/N-ethyl adjacent to an activating group) is 1. The maximum Gasteiger partial charge on any atom is 0.0500 e. The molecule has 0 bridgehead atoms. The highest BCUT2D eigenvalue weighted by atomic mass is 79.9. The summed E-state index contributed by atoms with van der Waals surface area (Å²) in [5, 5.41) is 0. The van der Waals surface area contributed by atoms with Crippen molar-refractivity contribution < 1.29 is 0 Å². The van der Waals surface area contributed by atoms with Crippen LogP contribution in [0.25, 0.3) is 0 Å². The molecule has 1 aliphatic heterocycles. The van der Waals surface area contributed by atoms with Crippen molar-refractivity contribution in [3.8, 4) is 0 Å². The Bertz CT molecular complexity index is 435. The molecule has 3 unspecified atom stereocenters. The van der Waals surface area contributed by atoms with Gasteiger partial charge in [-0.15, -0.1) is 0 Å².